The van der Waals surface area contributed by atoms with Crippen molar-refractivity contribution < 1.29 is 19.0 Å². The molecule has 2 aromatic rings. The van der Waals surface area contributed by atoms with E-state index in [9.17, 15) is 4.79 Å². The van der Waals surface area contributed by atoms with E-state index in [2.05, 4.69) is 40.4 Å². The van der Waals surface area contributed by atoms with E-state index in [1.54, 1.807) is 18.2 Å². The van der Waals surface area contributed by atoms with Gasteiger partial charge in [0.05, 0.1) is 17.7 Å². The van der Waals surface area contributed by atoms with E-state index in [-0.39, 0.29) is 11.0 Å². The number of hydrogen-bond donors (Lipinski definition) is 2. The van der Waals surface area contributed by atoms with Gasteiger partial charge in [-0.25, -0.2) is 0 Å². The molecule has 0 spiro atoms. The maximum Gasteiger partial charge on any atom is 0.257 e. The summed E-state index contributed by atoms with van der Waals surface area (Å²) in [7, 11) is 0. The molecule has 0 saturated carbocycles. The van der Waals surface area contributed by atoms with Gasteiger partial charge in [-0.05, 0) is 83.5 Å². The fraction of sp³-hybridized carbons (Fsp3) is 0.364. The molecule has 2 N–H and O–H groups in total. The molecule has 0 aliphatic heterocycles. The van der Waals surface area contributed by atoms with Crippen molar-refractivity contribution in [1.29, 1.82) is 0 Å². The summed E-state index contributed by atoms with van der Waals surface area (Å²) < 4.78 is 17.2. The van der Waals surface area contributed by atoms with Crippen molar-refractivity contribution in [2.45, 2.75) is 20.8 Å². The average Bonchev–Trinajstić information content (AvgIpc) is 2.71. The van der Waals surface area contributed by atoms with Crippen LogP contribution in [0, 0.1) is 5.92 Å². The first kappa shape index (κ1) is 24.1. The predicted octanol–water partition coefficient (Wildman–Crippen LogP) is 5.03. The first-order chi connectivity index (χ1) is 14.4. The Bertz CT molecular complexity index is 844. The zero-order valence-electron chi connectivity index (χ0n) is 17.4. The Morgan fingerprint density at radius 1 is 1.10 bits per heavy atom. The van der Waals surface area contributed by atoms with E-state index in [1.807, 2.05) is 31.2 Å². The summed E-state index contributed by atoms with van der Waals surface area (Å²) in [5.74, 6) is 1.54. The molecule has 0 fully saturated rings. The number of hydrogen-bond acceptors (Lipinski definition) is 5. The second-order valence-corrected chi connectivity index (χ2v) is 8.09. The third-order valence-electron chi connectivity index (χ3n) is 3.81. The van der Waals surface area contributed by atoms with Gasteiger partial charge in [-0.2, -0.15) is 0 Å². The SMILES string of the molecule is CCOCCOc1ccc(NC(=S)NC(=O)c2ccc(OCC(C)C)c(Br)c2)cc1. The highest BCUT2D eigenvalue weighted by Gasteiger charge is 2.11. The molecule has 0 atom stereocenters. The van der Waals surface area contributed by atoms with E-state index >= 15 is 0 Å². The van der Waals surface area contributed by atoms with Crippen molar-refractivity contribution in [2.75, 3.05) is 31.7 Å². The third kappa shape index (κ3) is 8.30. The highest BCUT2D eigenvalue weighted by atomic mass is 79.9. The van der Waals surface area contributed by atoms with Crippen LogP contribution in [0.5, 0.6) is 11.5 Å². The van der Waals surface area contributed by atoms with Crippen LogP contribution in [-0.4, -0.2) is 37.4 Å². The van der Waals surface area contributed by atoms with Gasteiger partial charge in [-0.1, -0.05) is 13.8 Å². The molecular formula is C22H27BrN2O4S. The predicted molar refractivity (Wildman–Crippen MR) is 127 cm³/mol. The summed E-state index contributed by atoms with van der Waals surface area (Å²) in [5.41, 5.74) is 1.22. The Kier molecular flexibility index (Phi) is 10.1. The van der Waals surface area contributed by atoms with E-state index in [0.717, 1.165) is 15.9 Å². The van der Waals surface area contributed by atoms with Gasteiger partial charge in [0, 0.05) is 17.9 Å². The second-order valence-electron chi connectivity index (χ2n) is 6.83. The minimum atomic E-state index is -0.306. The number of anilines is 1. The van der Waals surface area contributed by atoms with Gasteiger partial charge in [0.15, 0.2) is 5.11 Å². The van der Waals surface area contributed by atoms with E-state index in [0.29, 0.717) is 43.7 Å². The smallest absolute Gasteiger partial charge is 0.257 e. The molecule has 0 aliphatic carbocycles. The number of amides is 1. The van der Waals surface area contributed by atoms with Gasteiger partial charge in [0.1, 0.15) is 18.1 Å². The number of benzene rings is 2. The number of nitrogens with one attached hydrogen (secondary N) is 2. The van der Waals surface area contributed by atoms with Crippen LogP contribution in [0.25, 0.3) is 0 Å². The lowest BCUT2D eigenvalue weighted by Crippen LogP contribution is -2.34. The molecule has 2 rings (SSSR count). The largest absolute Gasteiger partial charge is 0.492 e. The fourth-order valence-electron chi connectivity index (χ4n) is 2.35. The van der Waals surface area contributed by atoms with E-state index in [1.165, 1.54) is 0 Å². The van der Waals surface area contributed by atoms with Crippen LogP contribution in [0.2, 0.25) is 0 Å². The summed E-state index contributed by atoms with van der Waals surface area (Å²) in [6, 6.07) is 12.5. The molecule has 0 aliphatic rings. The van der Waals surface area contributed by atoms with Crippen LogP contribution in [0.15, 0.2) is 46.9 Å². The Morgan fingerprint density at radius 3 is 2.47 bits per heavy atom. The summed E-state index contributed by atoms with van der Waals surface area (Å²) in [4.78, 5) is 12.5. The zero-order chi connectivity index (χ0) is 21.9. The van der Waals surface area contributed by atoms with Crippen LogP contribution in [0.1, 0.15) is 31.1 Å². The Balaban J connectivity index is 1.85. The Morgan fingerprint density at radius 2 is 1.83 bits per heavy atom. The van der Waals surface area contributed by atoms with Crippen LogP contribution in [-0.2, 0) is 4.74 Å². The van der Waals surface area contributed by atoms with E-state index < -0.39 is 0 Å². The Labute approximate surface area is 191 Å². The van der Waals surface area contributed by atoms with Gasteiger partial charge < -0.3 is 19.5 Å². The molecule has 8 heteroatoms. The van der Waals surface area contributed by atoms with E-state index in [4.69, 9.17) is 26.4 Å². The van der Waals surface area contributed by atoms with Gasteiger partial charge in [-0.15, -0.1) is 0 Å². The van der Waals surface area contributed by atoms with Gasteiger partial charge in [-0.3, -0.25) is 10.1 Å². The number of carbonyl (C=O) groups excluding carboxylic acids is 1. The van der Waals surface area contributed by atoms with Crippen molar-refractivity contribution in [3.8, 4) is 11.5 Å². The highest BCUT2D eigenvalue weighted by Crippen LogP contribution is 2.26. The highest BCUT2D eigenvalue weighted by molar-refractivity contribution is 9.10. The van der Waals surface area contributed by atoms with Crippen LogP contribution in [0.3, 0.4) is 0 Å². The normalized spacial score (nSPS) is 10.6. The molecule has 2 aromatic carbocycles. The molecule has 0 unspecified atom stereocenters. The van der Waals surface area contributed by atoms with Crippen molar-refractivity contribution in [1.82, 2.24) is 5.32 Å². The molecule has 0 radical (unpaired) electrons. The first-order valence-electron chi connectivity index (χ1n) is 9.74. The van der Waals surface area contributed by atoms with Crippen molar-refractivity contribution in [3.63, 3.8) is 0 Å². The summed E-state index contributed by atoms with van der Waals surface area (Å²) >= 11 is 8.69. The molecule has 1 amide bonds. The number of rotatable bonds is 10. The topological polar surface area (TPSA) is 68.8 Å². The Hall–Kier alpha value is -2.16. The monoisotopic (exact) mass is 494 g/mol. The second kappa shape index (κ2) is 12.5. The van der Waals surface area contributed by atoms with Crippen LogP contribution in [0.4, 0.5) is 5.69 Å². The number of halogens is 1. The molecule has 0 heterocycles. The zero-order valence-corrected chi connectivity index (χ0v) is 19.8. The minimum Gasteiger partial charge on any atom is -0.492 e. The molecular weight excluding hydrogens is 468 g/mol. The van der Waals surface area contributed by atoms with Crippen LogP contribution >= 0.6 is 28.1 Å². The lowest BCUT2D eigenvalue weighted by molar-refractivity contribution is 0.0977. The van der Waals surface area contributed by atoms with Crippen LogP contribution < -0.4 is 20.1 Å². The standard InChI is InChI=1S/C22H27BrN2O4S/c1-4-27-11-12-28-18-8-6-17(7-9-18)24-22(30)25-21(26)16-5-10-20(19(23)13-16)29-14-15(2)3/h5-10,13,15H,4,11-12,14H2,1-3H3,(H2,24,25,26,30). The molecule has 6 nitrogen and oxygen atoms in total. The fourth-order valence-corrected chi connectivity index (χ4v) is 3.05. The molecule has 162 valence electrons. The maximum absolute atomic E-state index is 12.5. The third-order valence-corrected chi connectivity index (χ3v) is 4.63. The van der Waals surface area contributed by atoms with Gasteiger partial charge in [0.2, 0.25) is 0 Å². The molecule has 0 bridgehead atoms. The average molecular weight is 495 g/mol. The lowest BCUT2D eigenvalue weighted by Gasteiger charge is -2.13. The van der Waals surface area contributed by atoms with Gasteiger partial charge in [0.25, 0.3) is 5.91 Å². The first-order valence-corrected chi connectivity index (χ1v) is 10.9. The molecule has 0 aromatic heterocycles. The summed E-state index contributed by atoms with van der Waals surface area (Å²) in [6.07, 6.45) is 0. The molecule has 30 heavy (non-hydrogen) atoms. The van der Waals surface area contributed by atoms with Crippen molar-refractivity contribution in [3.05, 3.63) is 52.5 Å². The number of carbonyl (C=O) groups is 1. The summed E-state index contributed by atoms with van der Waals surface area (Å²) in [6.45, 7) is 8.41. The minimum absolute atomic E-state index is 0.210. The summed E-state index contributed by atoms with van der Waals surface area (Å²) in [5, 5.41) is 5.87. The number of thiocarbonyl (C=S) groups is 1. The quantitative estimate of drug-likeness (QED) is 0.356. The van der Waals surface area contributed by atoms with Crippen molar-refractivity contribution >= 4 is 44.9 Å². The van der Waals surface area contributed by atoms with Crippen molar-refractivity contribution in [2.24, 2.45) is 5.92 Å². The van der Waals surface area contributed by atoms with Gasteiger partial charge >= 0.3 is 0 Å². The maximum atomic E-state index is 12.5. The number of ether oxygens (including phenoxy) is 3. The lowest BCUT2D eigenvalue weighted by atomic mass is 10.2. The molecule has 0 saturated heterocycles.